The van der Waals surface area contributed by atoms with Crippen LogP contribution in [0.15, 0.2) is 41.5 Å². The van der Waals surface area contributed by atoms with Crippen molar-refractivity contribution in [3.8, 4) is 11.5 Å². The summed E-state index contributed by atoms with van der Waals surface area (Å²) in [5, 5.41) is 24.0. The molecule has 0 spiro atoms. The minimum atomic E-state index is -0.605. The number of aryl methyl sites for hydroxylation is 2. The average Bonchev–Trinajstić information content (AvgIpc) is 2.55. The van der Waals surface area contributed by atoms with E-state index >= 15 is 0 Å². The molecule has 0 radical (unpaired) electrons. The maximum absolute atomic E-state index is 11.8. The number of phenols is 1. The predicted octanol–water partition coefficient (Wildman–Crippen LogP) is 2.45. The highest BCUT2D eigenvalue weighted by atomic mass is 16.6. The summed E-state index contributed by atoms with van der Waals surface area (Å²) in [6.07, 6.45) is 1.09. The van der Waals surface area contributed by atoms with E-state index in [9.17, 15) is 20.0 Å². The van der Waals surface area contributed by atoms with Crippen molar-refractivity contribution in [1.82, 2.24) is 5.43 Å². The second kappa shape index (κ2) is 7.91. The Bertz CT molecular complexity index is 833. The lowest BCUT2D eigenvalue weighted by Gasteiger charge is -2.08. The number of nitrogens with one attached hydrogen (secondary N) is 1. The van der Waals surface area contributed by atoms with E-state index < -0.39 is 10.8 Å². The summed E-state index contributed by atoms with van der Waals surface area (Å²) in [5.41, 5.74) is 3.97. The van der Waals surface area contributed by atoms with E-state index in [-0.39, 0.29) is 23.6 Å². The molecule has 2 N–H and O–H groups in total. The van der Waals surface area contributed by atoms with Gasteiger partial charge in [0.15, 0.2) is 6.61 Å². The van der Waals surface area contributed by atoms with Crippen LogP contribution < -0.4 is 10.2 Å². The normalized spacial score (nSPS) is 10.6. The number of nitrogens with zero attached hydrogens (tertiary/aromatic N) is 2. The lowest BCUT2D eigenvalue weighted by Crippen LogP contribution is -2.24. The minimum absolute atomic E-state index is 0.0701. The van der Waals surface area contributed by atoms with Crippen LogP contribution in [0.3, 0.4) is 0 Å². The molecule has 8 nitrogen and oxygen atoms in total. The molecule has 0 aromatic heterocycles. The van der Waals surface area contributed by atoms with Crippen molar-refractivity contribution in [2.45, 2.75) is 13.8 Å². The molecule has 0 aliphatic carbocycles. The average molecular weight is 343 g/mol. The topological polar surface area (TPSA) is 114 Å². The number of ether oxygens (including phenoxy) is 1. The van der Waals surface area contributed by atoms with Gasteiger partial charge in [-0.1, -0.05) is 12.1 Å². The van der Waals surface area contributed by atoms with E-state index in [0.717, 1.165) is 23.4 Å². The zero-order valence-electron chi connectivity index (χ0n) is 13.7. The van der Waals surface area contributed by atoms with Crippen LogP contribution in [0.2, 0.25) is 0 Å². The van der Waals surface area contributed by atoms with Crippen LogP contribution in [0.1, 0.15) is 16.7 Å². The highest BCUT2D eigenvalue weighted by Gasteiger charge is 2.12. The number of rotatable bonds is 6. The number of carbonyl (C=O) groups is 1. The standard InChI is InChI=1S/C17H17N3O5/c1-11-3-4-12(2)16(7-11)25-10-17(22)19-18-9-13-8-14(21)5-6-15(13)20(23)24/h3-9,21H,10H2,1-2H3,(H,19,22)/b18-9-. The molecule has 0 aliphatic heterocycles. The van der Waals surface area contributed by atoms with Crippen LogP contribution in [-0.2, 0) is 4.79 Å². The third-order valence-corrected chi connectivity index (χ3v) is 3.30. The summed E-state index contributed by atoms with van der Waals surface area (Å²) in [4.78, 5) is 22.1. The second-order valence-corrected chi connectivity index (χ2v) is 5.35. The van der Waals surface area contributed by atoms with Crippen LogP contribution in [0, 0.1) is 24.0 Å². The third kappa shape index (κ3) is 5.03. The zero-order valence-corrected chi connectivity index (χ0v) is 13.7. The van der Waals surface area contributed by atoms with Gasteiger partial charge in [-0.2, -0.15) is 5.10 Å². The number of aromatic hydroxyl groups is 1. The Morgan fingerprint density at radius 1 is 1.32 bits per heavy atom. The monoisotopic (exact) mass is 343 g/mol. The van der Waals surface area contributed by atoms with Gasteiger partial charge in [0.2, 0.25) is 0 Å². The molecule has 0 unspecified atom stereocenters. The molecule has 0 atom stereocenters. The van der Waals surface area contributed by atoms with Crippen molar-refractivity contribution in [1.29, 1.82) is 0 Å². The Hall–Kier alpha value is -3.42. The van der Waals surface area contributed by atoms with Gasteiger partial charge in [0.05, 0.1) is 16.7 Å². The van der Waals surface area contributed by atoms with Crippen molar-refractivity contribution in [2.24, 2.45) is 5.10 Å². The first-order valence-corrected chi connectivity index (χ1v) is 7.36. The van der Waals surface area contributed by atoms with Crippen molar-refractivity contribution >= 4 is 17.8 Å². The van der Waals surface area contributed by atoms with Gasteiger partial charge in [-0.25, -0.2) is 5.43 Å². The molecule has 2 aromatic rings. The Morgan fingerprint density at radius 3 is 2.80 bits per heavy atom. The third-order valence-electron chi connectivity index (χ3n) is 3.30. The van der Waals surface area contributed by atoms with E-state index in [2.05, 4.69) is 10.5 Å². The summed E-state index contributed by atoms with van der Waals surface area (Å²) >= 11 is 0. The van der Waals surface area contributed by atoms with Crippen molar-refractivity contribution in [3.05, 3.63) is 63.2 Å². The molecule has 2 aromatic carbocycles. The SMILES string of the molecule is Cc1ccc(C)c(OCC(=O)N/N=C\c2cc(O)ccc2[N+](=O)[O-])c1. The van der Waals surface area contributed by atoms with Crippen LogP contribution in [0.4, 0.5) is 5.69 Å². The quantitative estimate of drug-likeness (QED) is 0.475. The molecule has 8 heteroatoms. The number of amides is 1. The largest absolute Gasteiger partial charge is 0.508 e. The number of phenolic OH excluding ortho intramolecular Hbond substituents is 1. The molecule has 0 saturated carbocycles. The number of carbonyl (C=O) groups excluding carboxylic acids is 1. The molecule has 1 amide bonds. The number of hydrazone groups is 1. The molecule has 0 saturated heterocycles. The second-order valence-electron chi connectivity index (χ2n) is 5.35. The van der Waals surface area contributed by atoms with E-state index in [1.165, 1.54) is 12.1 Å². The molecule has 130 valence electrons. The first-order valence-electron chi connectivity index (χ1n) is 7.36. The lowest BCUT2D eigenvalue weighted by atomic mass is 10.1. The smallest absolute Gasteiger partial charge is 0.278 e. The fraction of sp³-hybridized carbons (Fsp3) is 0.176. The van der Waals surface area contributed by atoms with Crippen LogP contribution >= 0.6 is 0 Å². The Labute approximate surface area is 143 Å². The van der Waals surface area contributed by atoms with Gasteiger partial charge < -0.3 is 9.84 Å². The van der Waals surface area contributed by atoms with Crippen molar-refractivity contribution in [2.75, 3.05) is 6.61 Å². The molecule has 0 fully saturated rings. The number of hydrogen-bond donors (Lipinski definition) is 2. The summed E-state index contributed by atoms with van der Waals surface area (Å²) in [6, 6.07) is 9.19. The van der Waals surface area contributed by atoms with Crippen molar-refractivity contribution in [3.63, 3.8) is 0 Å². The molecule has 0 bridgehead atoms. The fourth-order valence-electron chi connectivity index (χ4n) is 2.02. The summed E-state index contributed by atoms with van der Waals surface area (Å²) in [7, 11) is 0. The molecule has 0 heterocycles. The van der Waals surface area contributed by atoms with E-state index in [1.807, 2.05) is 32.0 Å². The van der Waals surface area contributed by atoms with Crippen molar-refractivity contribution < 1.29 is 19.6 Å². The zero-order chi connectivity index (χ0) is 18.4. The summed E-state index contributed by atoms with van der Waals surface area (Å²) in [5.74, 6) is -0.0562. The maximum atomic E-state index is 11.8. The Balaban J connectivity index is 1.96. The highest BCUT2D eigenvalue weighted by Crippen LogP contribution is 2.21. The van der Waals surface area contributed by atoms with Gasteiger partial charge in [0, 0.05) is 6.07 Å². The number of hydrogen-bond acceptors (Lipinski definition) is 6. The van der Waals surface area contributed by atoms with E-state index in [1.54, 1.807) is 0 Å². The van der Waals surface area contributed by atoms with Gasteiger partial charge >= 0.3 is 0 Å². The Morgan fingerprint density at radius 2 is 2.08 bits per heavy atom. The lowest BCUT2D eigenvalue weighted by molar-refractivity contribution is -0.385. The minimum Gasteiger partial charge on any atom is -0.508 e. The van der Waals surface area contributed by atoms with Gasteiger partial charge in [-0.05, 0) is 43.2 Å². The first-order chi connectivity index (χ1) is 11.9. The van der Waals surface area contributed by atoms with Crippen LogP contribution in [0.25, 0.3) is 0 Å². The van der Waals surface area contributed by atoms with E-state index in [0.29, 0.717) is 5.75 Å². The first kappa shape index (κ1) is 17.9. The predicted molar refractivity (Wildman–Crippen MR) is 91.9 cm³/mol. The molecule has 0 aliphatic rings. The number of benzene rings is 2. The Kier molecular flexibility index (Phi) is 5.67. The van der Waals surface area contributed by atoms with Crippen LogP contribution in [0.5, 0.6) is 11.5 Å². The molecule has 2 rings (SSSR count). The maximum Gasteiger partial charge on any atom is 0.278 e. The molecular formula is C17H17N3O5. The van der Waals surface area contributed by atoms with Gasteiger partial charge in [0.25, 0.3) is 11.6 Å². The summed E-state index contributed by atoms with van der Waals surface area (Å²) < 4.78 is 5.43. The van der Waals surface area contributed by atoms with E-state index in [4.69, 9.17) is 4.74 Å². The van der Waals surface area contributed by atoms with Gasteiger partial charge in [-0.15, -0.1) is 0 Å². The van der Waals surface area contributed by atoms with Gasteiger partial charge in [0.1, 0.15) is 11.5 Å². The fourth-order valence-corrected chi connectivity index (χ4v) is 2.02. The molecular weight excluding hydrogens is 326 g/mol. The molecule has 25 heavy (non-hydrogen) atoms. The number of nitro benzene ring substituents is 1. The highest BCUT2D eigenvalue weighted by molar-refractivity contribution is 5.87. The number of nitro groups is 1. The van der Waals surface area contributed by atoms with Crippen LogP contribution in [-0.4, -0.2) is 28.8 Å². The van der Waals surface area contributed by atoms with Gasteiger partial charge in [-0.3, -0.25) is 14.9 Å². The summed E-state index contributed by atoms with van der Waals surface area (Å²) in [6.45, 7) is 3.54.